The van der Waals surface area contributed by atoms with Crippen LogP contribution in [0.15, 0.2) is 71.4 Å². The molecule has 7 rings (SSSR count). The molecule has 0 amide bonds. The molecule has 5 aliphatic carbocycles. The van der Waals surface area contributed by atoms with Gasteiger partial charge in [0.05, 0.1) is 10.8 Å². The predicted molar refractivity (Wildman–Crippen MR) is 134 cm³/mol. The fourth-order valence-corrected chi connectivity index (χ4v) is 8.97. The molecule has 2 saturated heterocycles. The summed E-state index contributed by atoms with van der Waals surface area (Å²) in [4.78, 5) is 53.7. The maximum Gasteiger partial charge on any atom is 0.334 e. The Balaban J connectivity index is 1.49. The third-order valence-electron chi connectivity index (χ3n) is 10.9. The lowest BCUT2D eigenvalue weighted by Gasteiger charge is -2.44. The zero-order chi connectivity index (χ0) is 26.2. The summed E-state index contributed by atoms with van der Waals surface area (Å²) in [5.74, 6) is -2.08. The quantitative estimate of drug-likeness (QED) is 0.281. The van der Waals surface area contributed by atoms with Gasteiger partial charge in [0.1, 0.15) is 18.0 Å². The van der Waals surface area contributed by atoms with Crippen molar-refractivity contribution in [1.82, 2.24) is 0 Å². The Labute approximate surface area is 215 Å². The summed E-state index contributed by atoms with van der Waals surface area (Å²) in [7, 11) is 0. The van der Waals surface area contributed by atoms with E-state index in [1.54, 1.807) is 0 Å². The monoisotopic (exact) mass is 498 g/mol. The number of allylic oxidation sites excluding steroid dienone is 4. The van der Waals surface area contributed by atoms with E-state index >= 15 is 0 Å². The highest BCUT2D eigenvalue weighted by atomic mass is 16.6. The van der Waals surface area contributed by atoms with Crippen LogP contribution in [-0.4, -0.2) is 35.7 Å². The normalized spacial score (nSPS) is 44.3. The van der Waals surface area contributed by atoms with Gasteiger partial charge in [0.2, 0.25) is 0 Å². The van der Waals surface area contributed by atoms with E-state index in [-0.39, 0.29) is 41.7 Å². The molecule has 0 aromatic rings. The number of ketones is 2. The highest BCUT2D eigenvalue weighted by molar-refractivity contribution is 6.19. The highest BCUT2D eigenvalue weighted by Crippen LogP contribution is 2.69. The first-order chi connectivity index (χ1) is 17.5. The van der Waals surface area contributed by atoms with Gasteiger partial charge >= 0.3 is 11.9 Å². The molecule has 4 fully saturated rings. The second-order valence-corrected chi connectivity index (χ2v) is 12.1. The van der Waals surface area contributed by atoms with Gasteiger partial charge in [-0.1, -0.05) is 38.0 Å². The SMILES string of the molecule is C=C1CC[C@H]2C(=C)C(=O)O[C@@H]2[C@H]2C1CC(=O)[C@]21CCC2=CC[C@H]3C(=C)C(=O)O[C@H]3[C@@]3(C)C(=C)C(=O)C1=C23. The van der Waals surface area contributed by atoms with Gasteiger partial charge < -0.3 is 9.47 Å². The standard InChI is InChI=1S/C31H30O6/c1-13-6-8-18-14(2)28(34)36-26(18)23-20(13)12-21(32)31(23)11-10-17-7-9-19-15(3)29(35)37-27(19)30(5)16(4)25(33)24(31)22(17)30/h7,18-20,23,26-27H,1-4,6,8-12H2,5H3/t18-,19-,20?,23+,26-,27+,30-,31+/m0/s1. The van der Waals surface area contributed by atoms with Gasteiger partial charge in [-0.3, -0.25) is 9.59 Å². The smallest absolute Gasteiger partial charge is 0.334 e. The molecular weight excluding hydrogens is 468 g/mol. The van der Waals surface area contributed by atoms with Crippen molar-refractivity contribution in [3.8, 4) is 0 Å². The minimum Gasteiger partial charge on any atom is -0.458 e. The van der Waals surface area contributed by atoms with Crippen LogP contribution in [0.3, 0.4) is 0 Å². The Morgan fingerprint density at radius 3 is 2.35 bits per heavy atom. The van der Waals surface area contributed by atoms with Crippen LogP contribution in [-0.2, 0) is 28.7 Å². The number of Topliss-reactive ketones (excluding diaryl/α,β-unsaturated/α-hetero) is 2. The fourth-order valence-electron chi connectivity index (χ4n) is 8.97. The van der Waals surface area contributed by atoms with E-state index in [2.05, 4.69) is 32.4 Å². The molecule has 0 aromatic heterocycles. The molecule has 1 unspecified atom stereocenters. The first-order valence-corrected chi connectivity index (χ1v) is 13.2. The van der Waals surface area contributed by atoms with Crippen molar-refractivity contribution in [2.75, 3.05) is 0 Å². The first-order valence-electron chi connectivity index (χ1n) is 13.2. The van der Waals surface area contributed by atoms with Crippen molar-refractivity contribution in [3.05, 3.63) is 71.4 Å². The number of carbonyl (C=O) groups is 4. The van der Waals surface area contributed by atoms with Gasteiger partial charge in [0.15, 0.2) is 5.78 Å². The predicted octanol–water partition coefficient (Wildman–Crippen LogP) is 4.29. The van der Waals surface area contributed by atoms with E-state index < -0.39 is 35.0 Å². The first kappa shape index (κ1) is 22.9. The molecule has 2 heterocycles. The van der Waals surface area contributed by atoms with Crippen LogP contribution >= 0.6 is 0 Å². The third kappa shape index (κ3) is 2.43. The van der Waals surface area contributed by atoms with Crippen LogP contribution in [0.5, 0.6) is 0 Å². The Morgan fingerprint density at radius 2 is 1.59 bits per heavy atom. The summed E-state index contributed by atoms with van der Waals surface area (Å²) < 4.78 is 11.8. The molecule has 37 heavy (non-hydrogen) atoms. The summed E-state index contributed by atoms with van der Waals surface area (Å²) in [6.45, 7) is 18.5. The second kappa shape index (κ2) is 6.97. The molecule has 190 valence electrons. The van der Waals surface area contributed by atoms with Gasteiger partial charge in [0.25, 0.3) is 0 Å². The minimum atomic E-state index is -1.10. The fraction of sp³-hybridized carbons (Fsp3) is 0.484. The number of rotatable bonds is 0. The number of fused-ring (bicyclic) bond motifs is 7. The molecule has 7 aliphatic rings. The van der Waals surface area contributed by atoms with Gasteiger partial charge in [-0.25, -0.2) is 9.59 Å². The van der Waals surface area contributed by atoms with E-state index in [9.17, 15) is 19.2 Å². The van der Waals surface area contributed by atoms with Crippen molar-refractivity contribution in [3.63, 3.8) is 0 Å². The van der Waals surface area contributed by atoms with Gasteiger partial charge in [-0.05, 0) is 56.1 Å². The molecule has 0 radical (unpaired) electrons. The Kier molecular flexibility index (Phi) is 4.31. The average Bonchev–Trinajstić information content (AvgIpc) is 3.43. The van der Waals surface area contributed by atoms with Crippen molar-refractivity contribution >= 4 is 23.5 Å². The van der Waals surface area contributed by atoms with Crippen LogP contribution in [0.4, 0.5) is 0 Å². The summed E-state index contributed by atoms with van der Waals surface area (Å²) in [6.07, 6.45) is 4.32. The number of hydrogen-bond acceptors (Lipinski definition) is 6. The van der Waals surface area contributed by atoms with Crippen LogP contribution in [0.25, 0.3) is 0 Å². The molecule has 1 spiro atoms. The lowest BCUT2D eigenvalue weighted by atomic mass is 9.58. The number of hydrogen-bond donors (Lipinski definition) is 0. The molecular formula is C31H30O6. The average molecular weight is 499 g/mol. The topological polar surface area (TPSA) is 86.7 Å². The van der Waals surface area contributed by atoms with Gasteiger partial charge in [-0.2, -0.15) is 0 Å². The summed E-state index contributed by atoms with van der Waals surface area (Å²) in [5, 5.41) is 0. The summed E-state index contributed by atoms with van der Waals surface area (Å²) >= 11 is 0. The number of ether oxygens (including phenoxy) is 2. The van der Waals surface area contributed by atoms with Gasteiger partial charge in [0, 0.05) is 46.5 Å². The summed E-state index contributed by atoms with van der Waals surface area (Å²) in [6, 6.07) is 0. The molecule has 0 bridgehead atoms. The van der Waals surface area contributed by atoms with Crippen LogP contribution in [0, 0.1) is 34.5 Å². The summed E-state index contributed by atoms with van der Waals surface area (Å²) in [5.41, 5.74) is 2.48. The Morgan fingerprint density at radius 1 is 0.892 bits per heavy atom. The van der Waals surface area contributed by atoms with Crippen molar-refractivity contribution in [2.24, 2.45) is 34.5 Å². The van der Waals surface area contributed by atoms with Crippen molar-refractivity contribution in [2.45, 2.75) is 57.7 Å². The Hall–Kier alpha value is -3.28. The minimum absolute atomic E-state index is 0.0124. The molecule has 6 nitrogen and oxygen atoms in total. The maximum absolute atomic E-state index is 14.3. The van der Waals surface area contributed by atoms with Crippen molar-refractivity contribution < 1.29 is 28.7 Å². The van der Waals surface area contributed by atoms with E-state index in [0.717, 1.165) is 16.7 Å². The molecule has 6 heteroatoms. The van der Waals surface area contributed by atoms with Crippen LogP contribution in [0.1, 0.15) is 45.4 Å². The van der Waals surface area contributed by atoms with Crippen LogP contribution < -0.4 is 0 Å². The molecule has 0 N–H and O–H groups in total. The maximum atomic E-state index is 14.3. The number of esters is 2. The van der Waals surface area contributed by atoms with Crippen LogP contribution in [0.2, 0.25) is 0 Å². The van der Waals surface area contributed by atoms with E-state index in [4.69, 9.17) is 9.47 Å². The number of carbonyl (C=O) groups excluding carboxylic acids is 4. The highest BCUT2D eigenvalue weighted by Gasteiger charge is 2.70. The zero-order valence-corrected chi connectivity index (χ0v) is 21.1. The molecule has 8 atom stereocenters. The largest absolute Gasteiger partial charge is 0.458 e. The third-order valence-corrected chi connectivity index (χ3v) is 10.9. The van der Waals surface area contributed by atoms with E-state index in [0.29, 0.717) is 54.4 Å². The lowest BCUT2D eigenvalue weighted by Crippen LogP contribution is -2.47. The van der Waals surface area contributed by atoms with E-state index in [1.165, 1.54) is 0 Å². The Bertz CT molecular complexity index is 1390. The van der Waals surface area contributed by atoms with Crippen molar-refractivity contribution in [1.29, 1.82) is 0 Å². The zero-order valence-electron chi connectivity index (χ0n) is 21.1. The lowest BCUT2D eigenvalue weighted by molar-refractivity contribution is -0.145. The van der Waals surface area contributed by atoms with E-state index in [1.807, 2.05) is 6.92 Å². The molecule has 2 saturated carbocycles. The molecule has 2 aliphatic heterocycles. The van der Waals surface area contributed by atoms with Gasteiger partial charge in [-0.15, -0.1) is 0 Å². The molecule has 0 aromatic carbocycles. The second-order valence-electron chi connectivity index (χ2n) is 12.1.